The molecule has 0 radical (unpaired) electrons. The van der Waals surface area contributed by atoms with Crippen molar-refractivity contribution in [2.24, 2.45) is 0 Å². The molecule has 2 amide bonds. The highest BCUT2D eigenvalue weighted by molar-refractivity contribution is 8.18. The Morgan fingerprint density at radius 3 is 2.59 bits per heavy atom. The van der Waals surface area contributed by atoms with Gasteiger partial charge < -0.3 is 4.74 Å². The average molecular weight is 495 g/mol. The number of thioether (sulfide) groups is 1. The van der Waals surface area contributed by atoms with Crippen molar-refractivity contribution < 1.29 is 24.0 Å². The van der Waals surface area contributed by atoms with Crippen molar-refractivity contribution in [1.82, 2.24) is 4.90 Å². The molecule has 0 aromatic heterocycles. The predicted octanol–water partition coefficient (Wildman–Crippen LogP) is 5.70. The van der Waals surface area contributed by atoms with E-state index in [1.165, 1.54) is 36.4 Å². The van der Waals surface area contributed by atoms with Gasteiger partial charge in [0.05, 0.1) is 21.9 Å². The second-order valence-electron chi connectivity index (χ2n) is 7.13. The number of carbonyl (C=O) groups is 3. The number of nitrogens with zero attached hydrogens (tertiary/aromatic N) is 2. The predicted molar refractivity (Wildman–Crippen MR) is 127 cm³/mol. The molecule has 1 fully saturated rings. The summed E-state index contributed by atoms with van der Waals surface area (Å²) in [6.07, 6.45) is 1.53. The highest BCUT2D eigenvalue weighted by atomic mass is 35.5. The minimum Gasteiger partial charge on any atom is -0.423 e. The molecule has 4 rings (SSSR count). The third-order valence-corrected chi connectivity index (χ3v) is 6.10. The van der Waals surface area contributed by atoms with Gasteiger partial charge in [-0.15, -0.1) is 0 Å². The van der Waals surface area contributed by atoms with Crippen molar-refractivity contribution in [3.05, 3.63) is 110 Å². The molecular formula is C24H15ClN2O6S. The number of nitro benzene ring substituents is 1. The topological polar surface area (TPSA) is 107 Å². The van der Waals surface area contributed by atoms with Gasteiger partial charge in [0.1, 0.15) is 5.75 Å². The van der Waals surface area contributed by atoms with Crippen LogP contribution in [0, 0.1) is 10.1 Å². The molecule has 10 heteroatoms. The molecule has 1 aliphatic rings. The molecule has 3 aromatic rings. The summed E-state index contributed by atoms with van der Waals surface area (Å²) in [6, 6.07) is 18.5. The smallest absolute Gasteiger partial charge is 0.343 e. The van der Waals surface area contributed by atoms with Crippen LogP contribution in [0.3, 0.4) is 0 Å². The third-order valence-electron chi connectivity index (χ3n) is 4.82. The van der Waals surface area contributed by atoms with Crippen LogP contribution in [-0.2, 0) is 11.3 Å². The van der Waals surface area contributed by atoms with Gasteiger partial charge >= 0.3 is 5.97 Å². The zero-order chi connectivity index (χ0) is 24.2. The van der Waals surface area contributed by atoms with E-state index in [0.717, 1.165) is 22.7 Å². The summed E-state index contributed by atoms with van der Waals surface area (Å²) < 4.78 is 5.33. The molecule has 1 aliphatic heterocycles. The number of nitro groups is 1. The molecule has 0 bridgehead atoms. The third kappa shape index (κ3) is 5.16. The number of rotatable bonds is 6. The van der Waals surface area contributed by atoms with Crippen molar-refractivity contribution >= 4 is 52.2 Å². The van der Waals surface area contributed by atoms with Gasteiger partial charge in [-0.2, -0.15) is 0 Å². The molecule has 3 aromatic carbocycles. The van der Waals surface area contributed by atoms with Crippen LogP contribution in [0.2, 0.25) is 5.02 Å². The van der Waals surface area contributed by atoms with Gasteiger partial charge in [-0.25, -0.2) is 4.79 Å². The van der Waals surface area contributed by atoms with Gasteiger partial charge in [0, 0.05) is 17.2 Å². The quantitative estimate of drug-likeness (QED) is 0.142. The number of non-ortho nitro benzene ring substituents is 1. The number of carbonyl (C=O) groups excluding carboxylic acids is 3. The largest absolute Gasteiger partial charge is 0.423 e. The number of amides is 2. The van der Waals surface area contributed by atoms with Crippen LogP contribution < -0.4 is 4.74 Å². The molecule has 1 heterocycles. The van der Waals surface area contributed by atoms with Crippen LogP contribution in [0.4, 0.5) is 10.5 Å². The first-order valence-corrected chi connectivity index (χ1v) is 11.1. The Hall–Kier alpha value is -3.95. The fourth-order valence-corrected chi connectivity index (χ4v) is 4.20. The Kier molecular flexibility index (Phi) is 6.76. The summed E-state index contributed by atoms with van der Waals surface area (Å²) >= 11 is 6.95. The van der Waals surface area contributed by atoms with Crippen LogP contribution in [0.5, 0.6) is 5.75 Å². The van der Waals surface area contributed by atoms with Crippen LogP contribution in [0.1, 0.15) is 21.5 Å². The molecule has 34 heavy (non-hydrogen) atoms. The molecule has 0 spiro atoms. The van der Waals surface area contributed by atoms with E-state index in [4.69, 9.17) is 16.3 Å². The first-order chi connectivity index (χ1) is 16.3. The van der Waals surface area contributed by atoms with E-state index in [1.807, 2.05) is 0 Å². The van der Waals surface area contributed by atoms with Gasteiger partial charge in [-0.1, -0.05) is 48.0 Å². The number of imide groups is 1. The summed E-state index contributed by atoms with van der Waals surface area (Å²) in [5, 5.41) is 11.0. The number of halogens is 1. The Bertz CT molecular complexity index is 1360. The lowest BCUT2D eigenvalue weighted by atomic mass is 10.2. The Morgan fingerprint density at radius 1 is 1.06 bits per heavy atom. The van der Waals surface area contributed by atoms with E-state index >= 15 is 0 Å². The van der Waals surface area contributed by atoms with Crippen LogP contribution >= 0.6 is 23.4 Å². The second-order valence-corrected chi connectivity index (χ2v) is 8.53. The summed E-state index contributed by atoms with van der Waals surface area (Å²) in [5.74, 6) is -1.03. The van der Waals surface area contributed by atoms with Crippen molar-refractivity contribution in [2.45, 2.75) is 6.54 Å². The number of hydrogen-bond donors (Lipinski definition) is 0. The first kappa shape index (κ1) is 23.2. The van der Waals surface area contributed by atoms with Gasteiger partial charge in [0.2, 0.25) is 0 Å². The fraction of sp³-hybridized carbons (Fsp3) is 0.0417. The van der Waals surface area contributed by atoms with E-state index in [-0.39, 0.29) is 28.5 Å². The summed E-state index contributed by atoms with van der Waals surface area (Å²) in [7, 11) is 0. The minimum absolute atomic E-state index is 0.0281. The fourth-order valence-electron chi connectivity index (χ4n) is 3.16. The van der Waals surface area contributed by atoms with E-state index in [9.17, 15) is 24.5 Å². The molecule has 1 saturated heterocycles. The van der Waals surface area contributed by atoms with Gasteiger partial charge in [0.25, 0.3) is 16.8 Å². The number of ether oxygens (including phenoxy) is 1. The van der Waals surface area contributed by atoms with Gasteiger partial charge in [-0.3, -0.25) is 24.6 Å². The first-order valence-electron chi connectivity index (χ1n) is 9.87. The van der Waals surface area contributed by atoms with Crippen molar-refractivity contribution in [3.63, 3.8) is 0 Å². The molecule has 0 saturated carbocycles. The second kappa shape index (κ2) is 9.90. The Morgan fingerprint density at radius 2 is 1.82 bits per heavy atom. The maximum absolute atomic E-state index is 12.8. The molecule has 0 N–H and O–H groups in total. The number of benzene rings is 3. The van der Waals surface area contributed by atoms with Crippen molar-refractivity contribution in [3.8, 4) is 5.75 Å². The molecule has 8 nitrogen and oxygen atoms in total. The lowest BCUT2D eigenvalue weighted by molar-refractivity contribution is -0.384. The minimum atomic E-state index is -0.763. The molecular weight excluding hydrogens is 480 g/mol. The highest BCUT2D eigenvalue weighted by Gasteiger charge is 2.35. The van der Waals surface area contributed by atoms with E-state index < -0.39 is 22.0 Å². The maximum atomic E-state index is 12.8. The summed E-state index contributed by atoms with van der Waals surface area (Å²) in [6.45, 7) is 0.0581. The summed E-state index contributed by atoms with van der Waals surface area (Å²) in [4.78, 5) is 49.3. The standard InChI is InChI=1S/C24H15ClN2O6S/c25-20-10-2-1-6-17(20)14-26-22(28)21(34-24(26)30)12-15-5-3-9-19(11-15)33-23(29)16-7-4-8-18(13-16)27(31)32/h1-13H,14H2/b21-12-. The lowest BCUT2D eigenvalue weighted by Crippen LogP contribution is -2.27. The lowest BCUT2D eigenvalue weighted by Gasteiger charge is -2.13. The molecule has 0 unspecified atom stereocenters. The van der Waals surface area contributed by atoms with Crippen molar-refractivity contribution in [2.75, 3.05) is 0 Å². The summed E-state index contributed by atoms with van der Waals surface area (Å²) in [5.41, 5.74) is 0.992. The monoisotopic (exact) mass is 494 g/mol. The molecule has 170 valence electrons. The van der Waals surface area contributed by atoms with Crippen LogP contribution in [0.15, 0.2) is 77.7 Å². The number of esters is 1. The highest BCUT2D eigenvalue weighted by Crippen LogP contribution is 2.34. The van der Waals surface area contributed by atoms with Crippen LogP contribution in [0.25, 0.3) is 6.08 Å². The van der Waals surface area contributed by atoms with Gasteiger partial charge in [-0.05, 0) is 53.2 Å². The number of hydrogen-bond acceptors (Lipinski definition) is 7. The zero-order valence-electron chi connectivity index (χ0n) is 17.3. The average Bonchev–Trinajstić information content (AvgIpc) is 3.08. The van der Waals surface area contributed by atoms with E-state index in [2.05, 4.69) is 0 Å². The van der Waals surface area contributed by atoms with Crippen molar-refractivity contribution in [1.29, 1.82) is 0 Å². The Balaban J connectivity index is 1.50. The normalized spacial score (nSPS) is 14.5. The van der Waals surface area contributed by atoms with Gasteiger partial charge in [0.15, 0.2) is 0 Å². The van der Waals surface area contributed by atoms with E-state index in [1.54, 1.807) is 36.4 Å². The Labute approximate surface area is 202 Å². The maximum Gasteiger partial charge on any atom is 0.343 e. The zero-order valence-corrected chi connectivity index (χ0v) is 18.9. The van der Waals surface area contributed by atoms with E-state index in [0.29, 0.717) is 16.1 Å². The van der Waals surface area contributed by atoms with Crippen LogP contribution in [-0.4, -0.2) is 26.9 Å². The molecule has 0 atom stereocenters. The SMILES string of the molecule is O=C(Oc1cccc(/C=C2\SC(=O)N(Cc3ccccc3Cl)C2=O)c1)c1cccc([N+](=O)[O-])c1. The molecule has 0 aliphatic carbocycles.